The molecule has 1 aliphatic heterocycles. The van der Waals surface area contributed by atoms with Crippen molar-refractivity contribution in [1.29, 1.82) is 0 Å². The van der Waals surface area contributed by atoms with Crippen molar-refractivity contribution in [3.05, 3.63) is 113 Å². The van der Waals surface area contributed by atoms with Crippen LogP contribution in [0.1, 0.15) is 35.1 Å². The third-order valence-electron chi connectivity index (χ3n) is 7.27. The Morgan fingerprint density at radius 1 is 0.868 bits per heavy atom. The smallest absolute Gasteiger partial charge is 0.384 e. The van der Waals surface area contributed by atoms with Crippen molar-refractivity contribution >= 4 is 5.70 Å². The van der Waals surface area contributed by atoms with E-state index in [0.29, 0.717) is 32.5 Å². The SMILES string of the molecule is C=C(NCC1(c2ccccc2)CCN(CCc2ccccc2C(F)(F)F)CC1)c1c(F)c(F)cc(F)c1F. The number of piperidine rings is 1. The van der Waals surface area contributed by atoms with Gasteiger partial charge in [0.15, 0.2) is 23.3 Å². The summed E-state index contributed by atoms with van der Waals surface area (Å²) in [5, 5.41) is 2.89. The number of benzene rings is 3. The highest BCUT2D eigenvalue weighted by Gasteiger charge is 2.37. The molecule has 0 radical (unpaired) electrons. The summed E-state index contributed by atoms with van der Waals surface area (Å²) in [5.41, 5.74) is -1.08. The van der Waals surface area contributed by atoms with Gasteiger partial charge in [-0.2, -0.15) is 13.2 Å². The summed E-state index contributed by atoms with van der Waals surface area (Å²) in [6.07, 6.45) is -2.98. The van der Waals surface area contributed by atoms with E-state index in [9.17, 15) is 30.7 Å². The van der Waals surface area contributed by atoms with Gasteiger partial charge in [-0.05, 0) is 49.5 Å². The number of nitrogens with zero attached hydrogens (tertiary/aromatic N) is 1. The zero-order chi connectivity index (χ0) is 27.5. The van der Waals surface area contributed by atoms with E-state index >= 15 is 0 Å². The van der Waals surface area contributed by atoms with Crippen LogP contribution in [0.25, 0.3) is 5.70 Å². The summed E-state index contributed by atoms with van der Waals surface area (Å²) in [5.74, 6) is -6.08. The Bertz CT molecular complexity index is 1250. The zero-order valence-electron chi connectivity index (χ0n) is 20.5. The van der Waals surface area contributed by atoms with Crippen LogP contribution in [0.15, 0.2) is 67.2 Å². The van der Waals surface area contributed by atoms with E-state index < -0.39 is 46.0 Å². The first-order valence-corrected chi connectivity index (χ1v) is 12.2. The third-order valence-corrected chi connectivity index (χ3v) is 7.27. The molecule has 0 amide bonds. The third kappa shape index (κ3) is 5.88. The number of halogens is 7. The number of hydrogen-bond acceptors (Lipinski definition) is 2. The van der Waals surface area contributed by atoms with Crippen molar-refractivity contribution in [2.75, 3.05) is 26.2 Å². The maximum absolute atomic E-state index is 14.3. The molecule has 0 aliphatic carbocycles. The summed E-state index contributed by atoms with van der Waals surface area (Å²) in [6.45, 7) is 5.41. The molecule has 0 spiro atoms. The van der Waals surface area contributed by atoms with Gasteiger partial charge in [0.1, 0.15) is 0 Å². The summed E-state index contributed by atoms with van der Waals surface area (Å²) in [4.78, 5) is 2.09. The molecule has 9 heteroatoms. The van der Waals surface area contributed by atoms with Crippen LogP contribution in [-0.2, 0) is 18.0 Å². The molecule has 0 aromatic heterocycles. The summed E-state index contributed by atoms with van der Waals surface area (Å²) in [6, 6.07) is 15.2. The Kier molecular flexibility index (Phi) is 8.16. The topological polar surface area (TPSA) is 15.3 Å². The molecule has 1 heterocycles. The standard InChI is InChI=1S/C29H27F7N2/c1-19(25-26(32)23(30)17-24(31)27(25)33)37-18-28(21-8-3-2-4-9-21)12-15-38(16-13-28)14-11-20-7-5-6-10-22(20)29(34,35)36/h2-10,17,37H,1,11-16,18H2. The average molecular weight is 537 g/mol. The van der Waals surface area contributed by atoms with E-state index in [1.807, 2.05) is 30.3 Å². The van der Waals surface area contributed by atoms with Gasteiger partial charge in [0.05, 0.1) is 11.1 Å². The Hall–Kier alpha value is -3.33. The molecule has 2 nitrogen and oxygen atoms in total. The fourth-order valence-electron chi connectivity index (χ4n) is 5.06. The van der Waals surface area contributed by atoms with Crippen LogP contribution in [0.4, 0.5) is 30.7 Å². The molecule has 0 atom stereocenters. The Balaban J connectivity index is 1.47. The van der Waals surface area contributed by atoms with Crippen molar-refractivity contribution in [1.82, 2.24) is 10.2 Å². The van der Waals surface area contributed by atoms with Crippen LogP contribution >= 0.6 is 0 Å². The van der Waals surface area contributed by atoms with Crippen molar-refractivity contribution in [2.45, 2.75) is 30.9 Å². The van der Waals surface area contributed by atoms with E-state index in [4.69, 9.17) is 0 Å². The number of hydrogen-bond donors (Lipinski definition) is 1. The van der Waals surface area contributed by atoms with E-state index in [1.54, 1.807) is 6.07 Å². The fourth-order valence-corrected chi connectivity index (χ4v) is 5.06. The molecule has 202 valence electrons. The molecule has 0 bridgehead atoms. The largest absolute Gasteiger partial charge is 0.416 e. The van der Waals surface area contributed by atoms with Crippen LogP contribution in [0.5, 0.6) is 0 Å². The highest BCUT2D eigenvalue weighted by Crippen LogP contribution is 2.37. The van der Waals surface area contributed by atoms with Crippen LogP contribution in [0.3, 0.4) is 0 Å². The van der Waals surface area contributed by atoms with Crippen LogP contribution in [-0.4, -0.2) is 31.1 Å². The molecule has 0 saturated carbocycles. The predicted octanol–water partition coefficient (Wildman–Crippen LogP) is 7.10. The maximum atomic E-state index is 14.3. The predicted molar refractivity (Wildman–Crippen MR) is 132 cm³/mol. The Morgan fingerprint density at radius 2 is 1.45 bits per heavy atom. The second kappa shape index (κ2) is 11.2. The number of alkyl halides is 3. The minimum Gasteiger partial charge on any atom is -0.384 e. The molecule has 4 rings (SSSR count). The quantitative estimate of drug-likeness (QED) is 0.244. The van der Waals surface area contributed by atoms with Crippen molar-refractivity contribution in [3.63, 3.8) is 0 Å². The minimum absolute atomic E-state index is 0.149. The lowest BCUT2D eigenvalue weighted by molar-refractivity contribution is -0.138. The lowest BCUT2D eigenvalue weighted by Gasteiger charge is -2.43. The van der Waals surface area contributed by atoms with Crippen molar-refractivity contribution in [3.8, 4) is 0 Å². The second-order valence-corrected chi connectivity index (χ2v) is 9.57. The maximum Gasteiger partial charge on any atom is 0.416 e. The average Bonchev–Trinajstić information content (AvgIpc) is 2.90. The first kappa shape index (κ1) is 27.7. The van der Waals surface area contributed by atoms with Gasteiger partial charge in [0.25, 0.3) is 0 Å². The molecular weight excluding hydrogens is 509 g/mol. The van der Waals surface area contributed by atoms with Gasteiger partial charge in [-0.25, -0.2) is 17.6 Å². The lowest BCUT2D eigenvalue weighted by Crippen LogP contribution is -2.48. The highest BCUT2D eigenvalue weighted by molar-refractivity contribution is 5.63. The lowest BCUT2D eigenvalue weighted by atomic mass is 9.72. The van der Waals surface area contributed by atoms with Gasteiger partial charge in [-0.1, -0.05) is 55.1 Å². The molecule has 1 aliphatic rings. The molecule has 3 aromatic rings. The summed E-state index contributed by atoms with van der Waals surface area (Å²) >= 11 is 0. The minimum atomic E-state index is -4.42. The zero-order valence-corrected chi connectivity index (χ0v) is 20.5. The molecule has 38 heavy (non-hydrogen) atoms. The van der Waals surface area contributed by atoms with Crippen molar-refractivity contribution in [2.24, 2.45) is 0 Å². The van der Waals surface area contributed by atoms with Gasteiger partial charge >= 0.3 is 6.18 Å². The number of nitrogens with one attached hydrogen (secondary N) is 1. The fraction of sp³-hybridized carbons (Fsp3) is 0.310. The number of rotatable bonds is 8. The monoisotopic (exact) mass is 536 g/mol. The van der Waals surface area contributed by atoms with Gasteiger partial charge < -0.3 is 10.2 Å². The van der Waals surface area contributed by atoms with E-state index in [1.165, 1.54) is 12.1 Å². The molecule has 1 fully saturated rings. The van der Waals surface area contributed by atoms with Gasteiger partial charge in [0, 0.05) is 30.3 Å². The summed E-state index contributed by atoms with van der Waals surface area (Å²) in [7, 11) is 0. The van der Waals surface area contributed by atoms with Crippen molar-refractivity contribution < 1.29 is 30.7 Å². The van der Waals surface area contributed by atoms with E-state index in [2.05, 4.69) is 16.8 Å². The Labute approximate surface area is 216 Å². The summed E-state index contributed by atoms with van der Waals surface area (Å²) < 4.78 is 96.1. The molecule has 0 unspecified atom stereocenters. The van der Waals surface area contributed by atoms with E-state index in [0.717, 1.165) is 11.6 Å². The molecule has 1 saturated heterocycles. The van der Waals surface area contributed by atoms with E-state index in [-0.39, 0.29) is 30.3 Å². The van der Waals surface area contributed by atoms with Gasteiger partial charge in [-0.3, -0.25) is 0 Å². The highest BCUT2D eigenvalue weighted by atomic mass is 19.4. The molecule has 1 N–H and O–H groups in total. The Morgan fingerprint density at radius 3 is 2.05 bits per heavy atom. The molecule has 3 aromatic carbocycles. The van der Waals surface area contributed by atoms with Crippen LogP contribution < -0.4 is 5.32 Å². The first-order chi connectivity index (χ1) is 18.0. The van der Waals surface area contributed by atoms with Gasteiger partial charge in [0.2, 0.25) is 0 Å². The first-order valence-electron chi connectivity index (χ1n) is 12.2. The van der Waals surface area contributed by atoms with Gasteiger partial charge in [-0.15, -0.1) is 0 Å². The molecular formula is C29H27F7N2. The van der Waals surface area contributed by atoms with Crippen LogP contribution in [0.2, 0.25) is 0 Å². The second-order valence-electron chi connectivity index (χ2n) is 9.57. The number of likely N-dealkylation sites (tertiary alicyclic amines) is 1. The van der Waals surface area contributed by atoms with Crippen LogP contribution in [0, 0.1) is 23.3 Å². The normalized spacial score (nSPS) is 15.9.